The van der Waals surface area contributed by atoms with Gasteiger partial charge in [0.15, 0.2) is 0 Å². The molecule has 2 aromatic carbocycles. The van der Waals surface area contributed by atoms with Gasteiger partial charge in [-0.25, -0.2) is 0 Å². The van der Waals surface area contributed by atoms with E-state index in [9.17, 15) is 9.59 Å². The molecule has 0 bridgehead atoms. The molecule has 0 aromatic heterocycles. The second-order valence-electron chi connectivity index (χ2n) is 7.47. The topological polar surface area (TPSA) is 58.6 Å². The van der Waals surface area contributed by atoms with Crippen molar-refractivity contribution in [2.75, 3.05) is 12.9 Å². The largest absolute Gasteiger partial charge is 0.497 e. The maximum atomic E-state index is 13.1. The Labute approximate surface area is 184 Å². The van der Waals surface area contributed by atoms with E-state index in [0.717, 1.165) is 22.6 Å². The van der Waals surface area contributed by atoms with Gasteiger partial charge in [-0.15, -0.1) is 11.8 Å². The molecule has 2 aromatic rings. The van der Waals surface area contributed by atoms with Crippen molar-refractivity contribution in [2.45, 2.75) is 57.6 Å². The molecule has 0 spiro atoms. The molecule has 0 saturated heterocycles. The first kappa shape index (κ1) is 23.8. The summed E-state index contributed by atoms with van der Waals surface area (Å²) in [6, 6.07) is 15.2. The molecule has 1 N–H and O–H groups in total. The third-order valence-electron chi connectivity index (χ3n) is 5.04. The van der Waals surface area contributed by atoms with Crippen LogP contribution in [0.2, 0.25) is 0 Å². The number of carbonyl (C=O) groups excluding carboxylic acids is 2. The summed E-state index contributed by atoms with van der Waals surface area (Å²) >= 11 is 1.48. The van der Waals surface area contributed by atoms with Crippen molar-refractivity contribution in [1.29, 1.82) is 0 Å². The Morgan fingerprint density at radius 3 is 2.47 bits per heavy atom. The lowest BCUT2D eigenvalue weighted by molar-refractivity contribution is -0.138. The molecule has 0 aliphatic carbocycles. The van der Waals surface area contributed by atoms with Gasteiger partial charge in [0, 0.05) is 17.5 Å². The first-order valence-corrected chi connectivity index (χ1v) is 11.2. The minimum Gasteiger partial charge on any atom is -0.497 e. The average Bonchev–Trinajstić information content (AvgIpc) is 2.76. The van der Waals surface area contributed by atoms with E-state index in [1.165, 1.54) is 17.3 Å². The number of carbonyl (C=O) groups is 2. The molecule has 2 atom stereocenters. The highest BCUT2D eigenvalue weighted by Crippen LogP contribution is 2.21. The summed E-state index contributed by atoms with van der Waals surface area (Å²) < 4.78 is 5.30. The molecule has 6 heteroatoms. The van der Waals surface area contributed by atoms with Crippen LogP contribution in [-0.2, 0) is 16.1 Å². The fourth-order valence-electron chi connectivity index (χ4n) is 2.88. The normalized spacial score (nSPS) is 12.7. The highest BCUT2D eigenvalue weighted by molar-refractivity contribution is 8.00. The van der Waals surface area contributed by atoms with Gasteiger partial charge in [-0.05, 0) is 57.0 Å². The Morgan fingerprint density at radius 2 is 1.83 bits per heavy atom. The van der Waals surface area contributed by atoms with Crippen LogP contribution in [0.1, 0.15) is 38.3 Å². The Hall–Kier alpha value is -2.47. The molecule has 2 unspecified atom stereocenters. The molecule has 0 fully saturated rings. The van der Waals surface area contributed by atoms with Crippen molar-refractivity contribution in [1.82, 2.24) is 10.2 Å². The van der Waals surface area contributed by atoms with Crippen LogP contribution in [-0.4, -0.2) is 41.7 Å². The highest BCUT2D eigenvalue weighted by Gasteiger charge is 2.26. The summed E-state index contributed by atoms with van der Waals surface area (Å²) in [4.78, 5) is 28.6. The van der Waals surface area contributed by atoms with Gasteiger partial charge in [0.05, 0.1) is 12.9 Å². The molecule has 162 valence electrons. The summed E-state index contributed by atoms with van der Waals surface area (Å²) in [5.41, 5.74) is 2.10. The number of hydrogen-bond donors (Lipinski definition) is 1. The third kappa shape index (κ3) is 7.10. The third-order valence-corrected chi connectivity index (χ3v) is 6.04. The lowest BCUT2D eigenvalue weighted by Crippen LogP contribution is -2.50. The van der Waals surface area contributed by atoms with Crippen LogP contribution < -0.4 is 10.1 Å². The van der Waals surface area contributed by atoms with E-state index >= 15 is 0 Å². The SMILES string of the molecule is CCC(C)NC(=O)C(C)N(Cc1cccc(OC)c1)C(=O)CSc1ccc(C)cc1. The zero-order chi connectivity index (χ0) is 22.1. The minimum absolute atomic E-state index is 0.0654. The molecule has 30 heavy (non-hydrogen) atoms. The molecule has 2 amide bonds. The summed E-state index contributed by atoms with van der Waals surface area (Å²) in [5, 5.41) is 2.99. The maximum absolute atomic E-state index is 13.1. The number of ether oxygens (including phenoxy) is 1. The van der Waals surface area contributed by atoms with E-state index in [1.54, 1.807) is 18.9 Å². The zero-order valence-corrected chi connectivity index (χ0v) is 19.3. The number of benzene rings is 2. The monoisotopic (exact) mass is 428 g/mol. The zero-order valence-electron chi connectivity index (χ0n) is 18.5. The van der Waals surface area contributed by atoms with Crippen molar-refractivity contribution in [3.63, 3.8) is 0 Å². The number of aryl methyl sites for hydroxylation is 1. The predicted octanol–water partition coefficient (Wildman–Crippen LogP) is 4.43. The van der Waals surface area contributed by atoms with Gasteiger partial charge < -0.3 is 15.0 Å². The Kier molecular flexibility index (Phi) is 9.24. The number of amides is 2. The van der Waals surface area contributed by atoms with E-state index in [4.69, 9.17) is 4.74 Å². The van der Waals surface area contributed by atoms with Gasteiger partial charge in [-0.3, -0.25) is 9.59 Å². The summed E-state index contributed by atoms with van der Waals surface area (Å²) in [6.07, 6.45) is 0.839. The van der Waals surface area contributed by atoms with E-state index in [0.29, 0.717) is 6.54 Å². The van der Waals surface area contributed by atoms with Gasteiger partial charge in [0.1, 0.15) is 11.8 Å². The summed E-state index contributed by atoms with van der Waals surface area (Å²) in [7, 11) is 1.61. The van der Waals surface area contributed by atoms with Crippen LogP contribution in [0.15, 0.2) is 53.4 Å². The molecule has 0 aliphatic rings. The summed E-state index contributed by atoms with van der Waals surface area (Å²) in [5.74, 6) is 0.787. The number of hydrogen-bond acceptors (Lipinski definition) is 4. The smallest absolute Gasteiger partial charge is 0.242 e. The van der Waals surface area contributed by atoms with Gasteiger partial charge in [0.25, 0.3) is 0 Å². The standard InChI is InChI=1S/C24H32N2O3S/c1-6-18(3)25-24(28)19(4)26(15-20-8-7-9-21(14-20)29-5)23(27)16-30-22-12-10-17(2)11-13-22/h7-14,18-19H,6,15-16H2,1-5H3,(H,25,28). The number of nitrogens with one attached hydrogen (secondary N) is 1. The fraction of sp³-hybridized carbons (Fsp3) is 0.417. The average molecular weight is 429 g/mol. The maximum Gasteiger partial charge on any atom is 0.242 e. The highest BCUT2D eigenvalue weighted by atomic mass is 32.2. The van der Waals surface area contributed by atoms with Crippen LogP contribution in [0.25, 0.3) is 0 Å². The first-order chi connectivity index (χ1) is 14.3. The Bertz CT molecular complexity index is 839. The van der Waals surface area contributed by atoms with Crippen molar-refractivity contribution in [3.05, 3.63) is 59.7 Å². The van der Waals surface area contributed by atoms with Crippen LogP contribution in [0.4, 0.5) is 0 Å². The van der Waals surface area contributed by atoms with Crippen LogP contribution in [0.3, 0.4) is 0 Å². The molecular weight excluding hydrogens is 396 g/mol. The van der Waals surface area contributed by atoms with Crippen molar-refractivity contribution in [2.24, 2.45) is 0 Å². The molecule has 0 aliphatic heterocycles. The molecule has 0 saturated carbocycles. The van der Waals surface area contributed by atoms with Crippen LogP contribution in [0, 0.1) is 6.92 Å². The van der Waals surface area contributed by atoms with Gasteiger partial charge in [-0.2, -0.15) is 0 Å². The molecule has 0 heterocycles. The number of thioether (sulfide) groups is 1. The van der Waals surface area contributed by atoms with E-state index < -0.39 is 6.04 Å². The lowest BCUT2D eigenvalue weighted by atomic mass is 10.1. The second kappa shape index (κ2) is 11.6. The van der Waals surface area contributed by atoms with E-state index in [1.807, 2.05) is 69.3 Å². The quantitative estimate of drug-likeness (QED) is 0.569. The fourth-order valence-corrected chi connectivity index (χ4v) is 3.66. The number of rotatable bonds is 10. The van der Waals surface area contributed by atoms with Crippen molar-refractivity contribution >= 4 is 23.6 Å². The molecule has 0 radical (unpaired) electrons. The molecular formula is C24H32N2O3S. The van der Waals surface area contributed by atoms with Gasteiger partial charge in [0.2, 0.25) is 11.8 Å². The van der Waals surface area contributed by atoms with E-state index in [2.05, 4.69) is 5.32 Å². The Balaban J connectivity index is 2.16. The summed E-state index contributed by atoms with van der Waals surface area (Å²) in [6.45, 7) is 8.15. The van der Waals surface area contributed by atoms with E-state index in [-0.39, 0.29) is 23.6 Å². The Morgan fingerprint density at radius 1 is 1.13 bits per heavy atom. The van der Waals surface area contributed by atoms with Gasteiger partial charge >= 0.3 is 0 Å². The van der Waals surface area contributed by atoms with Crippen LogP contribution >= 0.6 is 11.8 Å². The van der Waals surface area contributed by atoms with Crippen molar-refractivity contribution in [3.8, 4) is 5.75 Å². The number of methoxy groups -OCH3 is 1. The van der Waals surface area contributed by atoms with Crippen LogP contribution in [0.5, 0.6) is 5.75 Å². The molecule has 2 rings (SSSR count). The first-order valence-electron chi connectivity index (χ1n) is 10.3. The second-order valence-corrected chi connectivity index (χ2v) is 8.52. The predicted molar refractivity (Wildman–Crippen MR) is 123 cm³/mol. The molecule has 5 nitrogen and oxygen atoms in total. The number of nitrogens with zero attached hydrogens (tertiary/aromatic N) is 1. The lowest BCUT2D eigenvalue weighted by Gasteiger charge is -2.29. The van der Waals surface area contributed by atoms with Crippen molar-refractivity contribution < 1.29 is 14.3 Å². The minimum atomic E-state index is -0.573. The van der Waals surface area contributed by atoms with Gasteiger partial charge in [-0.1, -0.05) is 36.8 Å².